The number of halogens is 2. The number of nitrogens with zero attached hydrogens (tertiary/aromatic N) is 1. The van der Waals surface area contributed by atoms with E-state index in [0.717, 1.165) is 25.3 Å². The maximum absolute atomic E-state index is 13.3. The van der Waals surface area contributed by atoms with E-state index in [4.69, 9.17) is 0 Å². The maximum atomic E-state index is 13.3. The lowest BCUT2D eigenvalue weighted by molar-refractivity contribution is -0.387. The van der Waals surface area contributed by atoms with Crippen molar-refractivity contribution in [3.8, 4) is 0 Å². The molecule has 4 nitrogen and oxygen atoms in total. The molecule has 0 heterocycles. The van der Waals surface area contributed by atoms with Gasteiger partial charge in [-0.25, -0.2) is 4.39 Å². The molecule has 2 rings (SSSR count). The van der Waals surface area contributed by atoms with E-state index in [2.05, 4.69) is 5.32 Å². The van der Waals surface area contributed by atoms with Crippen molar-refractivity contribution < 1.29 is 13.7 Å². The first-order valence-electron chi connectivity index (χ1n) is 4.98. The molecular weight excluding hydrogens is 218 g/mol. The number of nitro groups is 1. The summed E-state index contributed by atoms with van der Waals surface area (Å²) in [5, 5.41) is 13.3. The molecule has 1 aromatic rings. The molecule has 1 aliphatic rings. The minimum absolute atomic E-state index is 0.00204. The van der Waals surface area contributed by atoms with Gasteiger partial charge in [0, 0.05) is 18.2 Å². The highest BCUT2D eigenvalue weighted by Crippen LogP contribution is 2.29. The molecule has 0 spiro atoms. The van der Waals surface area contributed by atoms with Crippen LogP contribution in [0.2, 0.25) is 0 Å². The molecule has 1 aromatic carbocycles. The average molecular weight is 228 g/mol. The first-order chi connectivity index (χ1) is 7.58. The van der Waals surface area contributed by atoms with Gasteiger partial charge in [-0.05, 0) is 19.3 Å². The topological polar surface area (TPSA) is 55.2 Å². The van der Waals surface area contributed by atoms with Gasteiger partial charge in [-0.2, -0.15) is 4.39 Å². The molecule has 86 valence electrons. The lowest BCUT2D eigenvalue weighted by Crippen LogP contribution is -2.27. The third-order valence-corrected chi connectivity index (χ3v) is 2.70. The fourth-order valence-corrected chi connectivity index (χ4v) is 1.56. The highest BCUT2D eigenvalue weighted by molar-refractivity contribution is 5.53. The van der Waals surface area contributed by atoms with E-state index in [-0.39, 0.29) is 11.7 Å². The van der Waals surface area contributed by atoms with Crippen LogP contribution in [0.5, 0.6) is 0 Å². The Bertz CT molecular complexity index is 433. The zero-order valence-electron chi connectivity index (χ0n) is 8.37. The lowest BCUT2D eigenvalue weighted by Gasteiger charge is -2.27. The Hall–Kier alpha value is -1.72. The molecule has 1 fully saturated rings. The fourth-order valence-electron chi connectivity index (χ4n) is 1.56. The third kappa shape index (κ3) is 1.95. The van der Waals surface area contributed by atoms with E-state index in [9.17, 15) is 18.9 Å². The second-order valence-electron chi connectivity index (χ2n) is 3.81. The Labute approximate surface area is 90.4 Å². The van der Waals surface area contributed by atoms with Crippen LogP contribution in [-0.2, 0) is 0 Å². The summed E-state index contributed by atoms with van der Waals surface area (Å²) in [6.45, 7) is 0. The van der Waals surface area contributed by atoms with Gasteiger partial charge in [-0.3, -0.25) is 10.1 Å². The summed E-state index contributed by atoms with van der Waals surface area (Å²) in [6, 6.07) is 1.59. The molecule has 0 saturated heterocycles. The van der Waals surface area contributed by atoms with Gasteiger partial charge in [0.1, 0.15) is 5.82 Å². The van der Waals surface area contributed by atoms with Crippen molar-refractivity contribution >= 4 is 11.4 Å². The largest absolute Gasteiger partial charge is 0.380 e. The van der Waals surface area contributed by atoms with E-state index < -0.39 is 22.2 Å². The molecular formula is C10H10F2N2O2. The fraction of sp³-hybridized carbons (Fsp3) is 0.400. The van der Waals surface area contributed by atoms with Crippen LogP contribution in [0, 0.1) is 21.7 Å². The zero-order chi connectivity index (χ0) is 11.7. The Morgan fingerprint density at radius 3 is 2.50 bits per heavy atom. The highest BCUT2D eigenvalue weighted by Gasteiger charge is 2.22. The minimum Gasteiger partial charge on any atom is -0.380 e. The number of nitrogens with one attached hydrogen (secondary N) is 1. The zero-order valence-corrected chi connectivity index (χ0v) is 8.37. The molecule has 6 heteroatoms. The Kier molecular flexibility index (Phi) is 2.72. The van der Waals surface area contributed by atoms with Crippen LogP contribution in [0.3, 0.4) is 0 Å². The van der Waals surface area contributed by atoms with Crippen molar-refractivity contribution in [1.29, 1.82) is 0 Å². The van der Waals surface area contributed by atoms with Gasteiger partial charge >= 0.3 is 5.69 Å². The average Bonchev–Trinajstić information content (AvgIpc) is 2.13. The smallest absolute Gasteiger partial charge is 0.307 e. The molecule has 0 aromatic heterocycles. The number of benzene rings is 1. The molecule has 0 radical (unpaired) electrons. The summed E-state index contributed by atoms with van der Waals surface area (Å²) in [5.74, 6) is -1.95. The molecule has 0 atom stereocenters. The second-order valence-corrected chi connectivity index (χ2v) is 3.81. The van der Waals surface area contributed by atoms with Gasteiger partial charge < -0.3 is 5.32 Å². The lowest BCUT2D eigenvalue weighted by atomic mass is 9.93. The molecule has 0 aliphatic heterocycles. The first-order valence-corrected chi connectivity index (χ1v) is 4.98. The van der Waals surface area contributed by atoms with E-state index in [1.165, 1.54) is 0 Å². The molecule has 0 amide bonds. The molecule has 0 unspecified atom stereocenters. The normalized spacial score (nSPS) is 15.6. The monoisotopic (exact) mass is 228 g/mol. The molecule has 1 N–H and O–H groups in total. The Morgan fingerprint density at radius 2 is 2.00 bits per heavy atom. The number of anilines is 1. The van der Waals surface area contributed by atoms with Gasteiger partial charge in [0.15, 0.2) is 0 Å². The van der Waals surface area contributed by atoms with Gasteiger partial charge in [0.05, 0.1) is 10.6 Å². The van der Waals surface area contributed by atoms with Gasteiger partial charge in [0.25, 0.3) is 0 Å². The van der Waals surface area contributed by atoms with Crippen LogP contribution < -0.4 is 5.32 Å². The molecule has 1 saturated carbocycles. The standard InChI is InChI=1S/C10H10F2N2O2/c11-7-4-8(12)10(14(15)16)5-9(7)13-6-2-1-3-6/h4-6,13H,1-3H2. The van der Waals surface area contributed by atoms with Crippen molar-refractivity contribution in [2.24, 2.45) is 0 Å². The quantitative estimate of drug-likeness (QED) is 0.639. The van der Waals surface area contributed by atoms with Crippen LogP contribution in [0.1, 0.15) is 19.3 Å². The molecule has 0 bridgehead atoms. The predicted molar refractivity (Wildman–Crippen MR) is 54.3 cm³/mol. The second kappa shape index (κ2) is 4.03. The number of nitro benzene ring substituents is 1. The SMILES string of the molecule is O=[N+]([O-])c1cc(NC2CCC2)c(F)cc1F. The summed E-state index contributed by atoms with van der Waals surface area (Å²) < 4.78 is 26.3. The summed E-state index contributed by atoms with van der Waals surface area (Å²) in [4.78, 5) is 9.61. The third-order valence-electron chi connectivity index (χ3n) is 2.70. The Balaban J connectivity index is 2.28. The summed E-state index contributed by atoms with van der Waals surface area (Å²) in [5.41, 5.74) is -0.707. The number of hydrogen-bond acceptors (Lipinski definition) is 3. The van der Waals surface area contributed by atoms with Crippen LogP contribution >= 0.6 is 0 Å². The van der Waals surface area contributed by atoms with E-state index in [1.807, 2.05) is 0 Å². The first kappa shape index (κ1) is 10.8. The van der Waals surface area contributed by atoms with Crippen LogP contribution in [-0.4, -0.2) is 11.0 Å². The van der Waals surface area contributed by atoms with Gasteiger partial charge in [-0.15, -0.1) is 0 Å². The summed E-state index contributed by atoms with van der Waals surface area (Å²) >= 11 is 0. The molecule has 16 heavy (non-hydrogen) atoms. The van der Waals surface area contributed by atoms with Crippen molar-refractivity contribution in [2.45, 2.75) is 25.3 Å². The van der Waals surface area contributed by atoms with E-state index in [0.29, 0.717) is 6.07 Å². The Morgan fingerprint density at radius 1 is 1.31 bits per heavy atom. The van der Waals surface area contributed by atoms with Crippen molar-refractivity contribution in [2.75, 3.05) is 5.32 Å². The summed E-state index contributed by atoms with van der Waals surface area (Å²) in [6.07, 6.45) is 2.87. The van der Waals surface area contributed by atoms with Crippen LogP contribution in [0.15, 0.2) is 12.1 Å². The van der Waals surface area contributed by atoms with Crippen molar-refractivity contribution in [1.82, 2.24) is 0 Å². The number of rotatable bonds is 3. The van der Waals surface area contributed by atoms with E-state index in [1.54, 1.807) is 0 Å². The molecule has 1 aliphatic carbocycles. The van der Waals surface area contributed by atoms with Crippen molar-refractivity contribution in [3.05, 3.63) is 33.9 Å². The van der Waals surface area contributed by atoms with Crippen molar-refractivity contribution in [3.63, 3.8) is 0 Å². The van der Waals surface area contributed by atoms with Crippen LogP contribution in [0.4, 0.5) is 20.2 Å². The minimum atomic E-state index is -1.15. The van der Waals surface area contributed by atoms with Gasteiger partial charge in [-0.1, -0.05) is 0 Å². The van der Waals surface area contributed by atoms with Crippen LogP contribution in [0.25, 0.3) is 0 Å². The van der Waals surface area contributed by atoms with Gasteiger partial charge in [0.2, 0.25) is 5.82 Å². The number of hydrogen-bond donors (Lipinski definition) is 1. The summed E-state index contributed by atoms with van der Waals surface area (Å²) in [7, 11) is 0. The highest BCUT2D eigenvalue weighted by atomic mass is 19.1. The predicted octanol–water partition coefficient (Wildman–Crippen LogP) is 2.84. The maximum Gasteiger partial charge on any atom is 0.307 e. The van der Waals surface area contributed by atoms with E-state index >= 15 is 0 Å².